The lowest BCUT2D eigenvalue weighted by Gasteiger charge is -2.22. The molecule has 0 radical (unpaired) electrons. The number of nitrogens with zero attached hydrogens (tertiary/aromatic N) is 4. The van der Waals surface area contributed by atoms with Crippen molar-refractivity contribution in [2.75, 3.05) is 30.4 Å². The van der Waals surface area contributed by atoms with Crippen LogP contribution < -0.4 is 10.2 Å². The summed E-state index contributed by atoms with van der Waals surface area (Å²) >= 11 is 0. The molecule has 2 aromatic heterocycles. The van der Waals surface area contributed by atoms with E-state index in [0.717, 1.165) is 59.9 Å². The van der Waals surface area contributed by atoms with E-state index in [1.54, 1.807) is 12.1 Å². The maximum absolute atomic E-state index is 12.9. The predicted octanol–water partition coefficient (Wildman–Crippen LogP) is 3.61. The van der Waals surface area contributed by atoms with E-state index in [0.29, 0.717) is 24.1 Å². The second-order valence-corrected chi connectivity index (χ2v) is 8.28. The highest BCUT2D eigenvalue weighted by Crippen LogP contribution is 2.30. The summed E-state index contributed by atoms with van der Waals surface area (Å²) in [7, 11) is 1.35. The van der Waals surface area contributed by atoms with Crippen LogP contribution >= 0.6 is 0 Å². The summed E-state index contributed by atoms with van der Waals surface area (Å²) < 4.78 is 6.68. The van der Waals surface area contributed by atoms with Crippen molar-refractivity contribution in [2.24, 2.45) is 0 Å². The molecule has 4 rings (SSSR count). The Labute approximate surface area is 187 Å². The van der Waals surface area contributed by atoms with Crippen LogP contribution in [0.25, 0.3) is 5.65 Å². The van der Waals surface area contributed by atoms with Crippen LogP contribution in [0.15, 0.2) is 24.3 Å². The Morgan fingerprint density at radius 3 is 2.59 bits per heavy atom. The summed E-state index contributed by atoms with van der Waals surface area (Å²) in [5.74, 6) is -0.531. The summed E-state index contributed by atoms with van der Waals surface area (Å²) in [5, 5.41) is 7.53. The van der Waals surface area contributed by atoms with Gasteiger partial charge in [-0.15, -0.1) is 0 Å². The number of aryl methyl sites for hydroxylation is 3. The first-order chi connectivity index (χ1) is 15.4. The van der Waals surface area contributed by atoms with Gasteiger partial charge in [0, 0.05) is 37.0 Å². The monoisotopic (exact) mass is 435 g/mol. The van der Waals surface area contributed by atoms with Crippen LogP contribution in [0.3, 0.4) is 0 Å². The molecule has 0 atom stereocenters. The van der Waals surface area contributed by atoms with Crippen molar-refractivity contribution in [3.05, 3.63) is 52.5 Å². The zero-order chi connectivity index (χ0) is 22.8. The Hall–Kier alpha value is -3.42. The van der Waals surface area contributed by atoms with Crippen LogP contribution in [0.5, 0.6) is 0 Å². The van der Waals surface area contributed by atoms with Gasteiger partial charge in [0.1, 0.15) is 0 Å². The fraction of sp³-hybridized carbons (Fsp3) is 0.417. The Morgan fingerprint density at radius 2 is 1.88 bits per heavy atom. The van der Waals surface area contributed by atoms with Crippen molar-refractivity contribution < 1.29 is 14.3 Å². The van der Waals surface area contributed by atoms with Crippen LogP contribution in [0.4, 0.5) is 11.4 Å². The number of esters is 1. The number of carbonyl (C=O) groups excluding carboxylic acids is 2. The molecular formula is C24H29N5O3. The molecule has 1 amide bonds. The number of methoxy groups -OCH3 is 1. The molecule has 32 heavy (non-hydrogen) atoms. The number of amides is 1. The highest BCUT2D eigenvalue weighted by molar-refractivity contribution is 5.98. The average Bonchev–Trinajstić information content (AvgIpc) is 3.42. The van der Waals surface area contributed by atoms with Crippen LogP contribution in [-0.2, 0) is 16.0 Å². The number of benzene rings is 1. The van der Waals surface area contributed by atoms with Crippen LogP contribution in [-0.4, -0.2) is 46.7 Å². The average molecular weight is 436 g/mol. The van der Waals surface area contributed by atoms with Gasteiger partial charge in [0.25, 0.3) is 0 Å². The molecule has 1 aromatic carbocycles. The van der Waals surface area contributed by atoms with E-state index >= 15 is 0 Å². The normalized spacial score (nSPS) is 13.6. The van der Waals surface area contributed by atoms with Crippen molar-refractivity contribution in [1.29, 1.82) is 0 Å². The van der Waals surface area contributed by atoms with E-state index in [-0.39, 0.29) is 5.91 Å². The van der Waals surface area contributed by atoms with Crippen molar-refractivity contribution >= 4 is 28.9 Å². The Kier molecular flexibility index (Phi) is 6.12. The summed E-state index contributed by atoms with van der Waals surface area (Å²) in [5.41, 5.74) is 6.66. The number of aromatic nitrogens is 3. The number of hydrogen-bond acceptors (Lipinski definition) is 6. The maximum atomic E-state index is 12.9. The number of fused-ring (bicyclic) bond motifs is 1. The van der Waals surface area contributed by atoms with E-state index in [9.17, 15) is 9.59 Å². The number of nitrogens with one attached hydrogen (secondary N) is 1. The molecule has 1 saturated heterocycles. The first-order valence-corrected chi connectivity index (χ1v) is 11.0. The molecule has 0 unspecified atom stereocenters. The SMILES string of the molecule is COC(=O)c1ccc(N2CCCC2)c(NC(=O)CCc2c(C)nc3cc(C)nn3c2C)c1. The molecule has 0 saturated carbocycles. The Morgan fingerprint density at radius 1 is 1.12 bits per heavy atom. The molecule has 168 valence electrons. The second kappa shape index (κ2) is 8.98. The first kappa shape index (κ1) is 21.8. The zero-order valence-corrected chi connectivity index (χ0v) is 19.1. The van der Waals surface area contributed by atoms with E-state index in [1.165, 1.54) is 7.11 Å². The fourth-order valence-corrected chi connectivity index (χ4v) is 4.37. The fourth-order valence-electron chi connectivity index (χ4n) is 4.37. The van der Waals surface area contributed by atoms with E-state index < -0.39 is 5.97 Å². The van der Waals surface area contributed by atoms with Gasteiger partial charge in [-0.2, -0.15) is 5.10 Å². The molecule has 0 aliphatic carbocycles. The highest BCUT2D eigenvalue weighted by Gasteiger charge is 2.20. The minimum Gasteiger partial charge on any atom is -0.465 e. The van der Waals surface area contributed by atoms with Crippen LogP contribution in [0, 0.1) is 20.8 Å². The number of carbonyl (C=O) groups is 2. The van der Waals surface area contributed by atoms with Crippen molar-refractivity contribution in [1.82, 2.24) is 14.6 Å². The lowest BCUT2D eigenvalue weighted by atomic mass is 10.1. The highest BCUT2D eigenvalue weighted by atomic mass is 16.5. The maximum Gasteiger partial charge on any atom is 0.337 e. The van der Waals surface area contributed by atoms with Gasteiger partial charge in [0.05, 0.1) is 29.7 Å². The number of anilines is 2. The standard InChI is InChI=1S/C24H29N5O3/c1-15-13-22-25-16(2)19(17(3)29(22)27-15)8-10-23(30)26-20-14-18(24(31)32-4)7-9-21(20)28-11-5-6-12-28/h7,9,13-14H,5-6,8,10-12H2,1-4H3,(H,26,30). The van der Waals surface area contributed by atoms with Gasteiger partial charge in [-0.3, -0.25) is 4.79 Å². The van der Waals surface area contributed by atoms with Gasteiger partial charge in [0.15, 0.2) is 5.65 Å². The topological polar surface area (TPSA) is 88.8 Å². The van der Waals surface area contributed by atoms with Gasteiger partial charge < -0.3 is 15.0 Å². The summed E-state index contributed by atoms with van der Waals surface area (Å²) in [4.78, 5) is 31.8. The van der Waals surface area contributed by atoms with E-state index in [1.807, 2.05) is 37.4 Å². The third kappa shape index (κ3) is 4.30. The Bertz CT molecular complexity index is 1180. The van der Waals surface area contributed by atoms with Crippen molar-refractivity contribution in [3.8, 4) is 0 Å². The van der Waals surface area contributed by atoms with E-state index in [2.05, 4.69) is 20.3 Å². The quantitative estimate of drug-likeness (QED) is 0.595. The smallest absolute Gasteiger partial charge is 0.337 e. The predicted molar refractivity (Wildman–Crippen MR) is 123 cm³/mol. The lowest BCUT2D eigenvalue weighted by Crippen LogP contribution is -2.22. The summed E-state index contributed by atoms with van der Waals surface area (Å²) in [6, 6.07) is 7.28. The minimum atomic E-state index is -0.423. The molecule has 8 heteroatoms. The van der Waals surface area contributed by atoms with Gasteiger partial charge in [0.2, 0.25) is 5.91 Å². The number of hydrogen-bond donors (Lipinski definition) is 1. The lowest BCUT2D eigenvalue weighted by molar-refractivity contribution is -0.116. The molecule has 1 fully saturated rings. The molecule has 1 aliphatic rings. The summed E-state index contributed by atoms with van der Waals surface area (Å²) in [6.07, 6.45) is 3.10. The van der Waals surface area contributed by atoms with Crippen molar-refractivity contribution in [3.63, 3.8) is 0 Å². The first-order valence-electron chi connectivity index (χ1n) is 11.0. The molecule has 1 N–H and O–H groups in total. The molecule has 8 nitrogen and oxygen atoms in total. The second-order valence-electron chi connectivity index (χ2n) is 8.28. The third-order valence-corrected chi connectivity index (χ3v) is 6.03. The van der Waals surface area contributed by atoms with Crippen LogP contribution in [0.2, 0.25) is 0 Å². The minimum absolute atomic E-state index is 0.108. The third-order valence-electron chi connectivity index (χ3n) is 6.03. The number of ether oxygens (including phenoxy) is 1. The van der Waals surface area contributed by atoms with Gasteiger partial charge >= 0.3 is 5.97 Å². The van der Waals surface area contributed by atoms with Crippen LogP contribution in [0.1, 0.15) is 52.3 Å². The van der Waals surface area contributed by atoms with Gasteiger partial charge in [-0.1, -0.05) is 0 Å². The van der Waals surface area contributed by atoms with Gasteiger partial charge in [-0.05, 0) is 63.8 Å². The molecule has 0 bridgehead atoms. The zero-order valence-electron chi connectivity index (χ0n) is 19.1. The molecule has 0 spiro atoms. The molecule has 1 aliphatic heterocycles. The molecular weight excluding hydrogens is 406 g/mol. The Balaban J connectivity index is 1.54. The van der Waals surface area contributed by atoms with E-state index in [4.69, 9.17) is 4.74 Å². The van der Waals surface area contributed by atoms with Crippen molar-refractivity contribution in [2.45, 2.75) is 46.5 Å². The number of rotatable bonds is 6. The molecule has 3 aromatic rings. The van der Waals surface area contributed by atoms with Gasteiger partial charge in [-0.25, -0.2) is 14.3 Å². The molecule has 3 heterocycles. The largest absolute Gasteiger partial charge is 0.465 e. The summed E-state index contributed by atoms with van der Waals surface area (Å²) in [6.45, 7) is 7.79.